The van der Waals surface area contributed by atoms with Crippen molar-refractivity contribution in [3.8, 4) is 0 Å². The average Bonchev–Trinajstić information content (AvgIpc) is 2.81. The molecular formula is C11H14ClNO2S. The number of rotatable bonds is 3. The molecule has 1 saturated heterocycles. The van der Waals surface area contributed by atoms with Crippen LogP contribution in [0.2, 0.25) is 0 Å². The number of hydrogen-bond acceptors (Lipinski definition) is 3. The van der Waals surface area contributed by atoms with Gasteiger partial charge in [0.2, 0.25) is 5.91 Å². The van der Waals surface area contributed by atoms with Crippen molar-refractivity contribution in [2.24, 2.45) is 0 Å². The number of carbonyl (C=O) groups excluding carboxylic acids is 1. The topological polar surface area (TPSA) is 29.5 Å². The van der Waals surface area contributed by atoms with Gasteiger partial charge in [-0.05, 0) is 11.4 Å². The molecule has 0 aliphatic carbocycles. The van der Waals surface area contributed by atoms with Crippen molar-refractivity contribution in [3.05, 3.63) is 22.4 Å². The first kappa shape index (κ1) is 11.9. The summed E-state index contributed by atoms with van der Waals surface area (Å²) in [7, 11) is 0. The third kappa shape index (κ3) is 2.75. The molecule has 3 nitrogen and oxygen atoms in total. The zero-order chi connectivity index (χ0) is 11.4. The molecular weight excluding hydrogens is 246 g/mol. The van der Waals surface area contributed by atoms with Crippen LogP contribution in [0.3, 0.4) is 0 Å². The number of hydrogen-bond donors (Lipinski definition) is 0. The zero-order valence-electron chi connectivity index (χ0n) is 8.89. The quantitative estimate of drug-likeness (QED) is 0.774. The molecule has 1 fully saturated rings. The molecule has 2 heterocycles. The molecule has 0 N–H and O–H groups in total. The van der Waals surface area contributed by atoms with Crippen LogP contribution in [0.25, 0.3) is 0 Å². The second kappa shape index (κ2) is 5.66. The summed E-state index contributed by atoms with van der Waals surface area (Å²) < 4.78 is 5.31. The summed E-state index contributed by atoms with van der Waals surface area (Å²) in [5.41, 5.74) is 0. The fourth-order valence-electron chi connectivity index (χ4n) is 1.77. The van der Waals surface area contributed by atoms with E-state index < -0.39 is 0 Å². The van der Waals surface area contributed by atoms with E-state index in [0.717, 1.165) is 4.88 Å². The van der Waals surface area contributed by atoms with Gasteiger partial charge in [0.05, 0.1) is 25.7 Å². The van der Waals surface area contributed by atoms with Crippen LogP contribution in [-0.2, 0) is 16.0 Å². The first-order valence-electron chi connectivity index (χ1n) is 5.27. The second-order valence-corrected chi connectivity index (χ2v) is 5.07. The van der Waals surface area contributed by atoms with E-state index in [-0.39, 0.29) is 11.9 Å². The molecule has 16 heavy (non-hydrogen) atoms. The zero-order valence-corrected chi connectivity index (χ0v) is 10.5. The highest BCUT2D eigenvalue weighted by Crippen LogP contribution is 2.14. The summed E-state index contributed by atoms with van der Waals surface area (Å²) >= 11 is 7.44. The van der Waals surface area contributed by atoms with E-state index in [1.54, 1.807) is 11.3 Å². The Labute approximate surface area is 104 Å². The fourth-order valence-corrected chi connectivity index (χ4v) is 2.73. The van der Waals surface area contributed by atoms with E-state index in [1.807, 2.05) is 22.4 Å². The number of alkyl halides is 1. The molecule has 1 atom stereocenters. The van der Waals surface area contributed by atoms with Crippen LogP contribution in [0.15, 0.2) is 17.5 Å². The van der Waals surface area contributed by atoms with Gasteiger partial charge in [-0.1, -0.05) is 6.07 Å². The number of ether oxygens (including phenoxy) is 1. The van der Waals surface area contributed by atoms with Gasteiger partial charge in [0, 0.05) is 17.3 Å². The van der Waals surface area contributed by atoms with Crippen molar-refractivity contribution in [2.75, 3.05) is 25.6 Å². The Hall–Kier alpha value is -0.580. The highest BCUT2D eigenvalue weighted by molar-refractivity contribution is 7.10. The third-order valence-corrected chi connectivity index (χ3v) is 3.86. The predicted molar refractivity (Wildman–Crippen MR) is 65.1 cm³/mol. The molecule has 0 saturated carbocycles. The highest BCUT2D eigenvalue weighted by atomic mass is 35.5. The normalized spacial score (nSPS) is 21.1. The van der Waals surface area contributed by atoms with Crippen LogP contribution < -0.4 is 0 Å². The Kier molecular flexibility index (Phi) is 4.21. The number of halogens is 1. The van der Waals surface area contributed by atoms with Crippen LogP contribution in [0.1, 0.15) is 4.88 Å². The van der Waals surface area contributed by atoms with Gasteiger partial charge in [-0.2, -0.15) is 0 Å². The molecule has 1 unspecified atom stereocenters. The minimum Gasteiger partial charge on any atom is -0.377 e. The van der Waals surface area contributed by atoms with Gasteiger partial charge in [-0.25, -0.2) is 0 Å². The SMILES string of the molecule is O=C(Cc1cccs1)N1CCOCC1CCl. The van der Waals surface area contributed by atoms with Gasteiger partial charge in [0.15, 0.2) is 0 Å². The number of carbonyl (C=O) groups is 1. The van der Waals surface area contributed by atoms with Crippen LogP contribution in [0.4, 0.5) is 0 Å². The summed E-state index contributed by atoms with van der Waals surface area (Å²) in [5, 5.41) is 1.99. The molecule has 0 bridgehead atoms. The van der Waals surface area contributed by atoms with Crippen molar-refractivity contribution < 1.29 is 9.53 Å². The first-order chi connectivity index (χ1) is 7.81. The Balaban J connectivity index is 1.97. The maximum Gasteiger partial charge on any atom is 0.228 e. The van der Waals surface area contributed by atoms with E-state index in [1.165, 1.54) is 0 Å². The highest BCUT2D eigenvalue weighted by Gasteiger charge is 2.26. The molecule has 2 rings (SSSR count). The third-order valence-electron chi connectivity index (χ3n) is 2.63. The van der Waals surface area contributed by atoms with Gasteiger partial charge < -0.3 is 9.64 Å². The van der Waals surface area contributed by atoms with Crippen molar-refractivity contribution in [1.82, 2.24) is 4.90 Å². The summed E-state index contributed by atoms with van der Waals surface area (Å²) in [4.78, 5) is 15.0. The van der Waals surface area contributed by atoms with E-state index in [0.29, 0.717) is 32.1 Å². The number of morpholine rings is 1. The maximum absolute atomic E-state index is 12.1. The van der Waals surface area contributed by atoms with Gasteiger partial charge in [0.1, 0.15) is 0 Å². The van der Waals surface area contributed by atoms with Crippen molar-refractivity contribution >= 4 is 28.8 Å². The fraction of sp³-hybridized carbons (Fsp3) is 0.545. The molecule has 1 amide bonds. The van der Waals surface area contributed by atoms with Gasteiger partial charge in [-0.3, -0.25) is 4.79 Å². The molecule has 0 aromatic carbocycles. The van der Waals surface area contributed by atoms with E-state index in [2.05, 4.69) is 0 Å². The molecule has 88 valence electrons. The van der Waals surface area contributed by atoms with Gasteiger partial charge in [0.25, 0.3) is 0 Å². The van der Waals surface area contributed by atoms with Gasteiger partial charge in [-0.15, -0.1) is 22.9 Å². The van der Waals surface area contributed by atoms with Crippen LogP contribution >= 0.6 is 22.9 Å². The molecule has 1 aromatic rings. The predicted octanol–water partition coefficient (Wildman–Crippen LogP) is 1.76. The lowest BCUT2D eigenvalue weighted by Crippen LogP contribution is -2.50. The molecule has 5 heteroatoms. The minimum atomic E-state index is 0.0304. The smallest absolute Gasteiger partial charge is 0.228 e. The van der Waals surface area contributed by atoms with E-state index >= 15 is 0 Å². The van der Waals surface area contributed by atoms with Crippen LogP contribution in [0, 0.1) is 0 Å². The summed E-state index contributed by atoms with van der Waals surface area (Å²) in [5.74, 6) is 0.590. The van der Waals surface area contributed by atoms with Crippen molar-refractivity contribution in [3.63, 3.8) is 0 Å². The standard InChI is InChI=1S/C11H14ClNO2S/c12-7-9-8-15-4-3-13(9)11(14)6-10-2-1-5-16-10/h1-2,5,9H,3-4,6-8H2. The maximum atomic E-state index is 12.1. The van der Waals surface area contributed by atoms with Crippen LogP contribution in [-0.4, -0.2) is 42.5 Å². The number of nitrogens with zero attached hydrogens (tertiary/aromatic N) is 1. The Bertz CT molecular complexity index is 342. The summed E-state index contributed by atoms with van der Waals surface area (Å²) in [6, 6.07) is 3.98. The summed E-state index contributed by atoms with van der Waals surface area (Å²) in [6.45, 7) is 1.82. The molecule has 0 radical (unpaired) electrons. The lowest BCUT2D eigenvalue weighted by atomic mass is 10.2. The van der Waals surface area contributed by atoms with Crippen molar-refractivity contribution in [1.29, 1.82) is 0 Å². The lowest BCUT2D eigenvalue weighted by molar-refractivity contribution is -0.138. The number of amides is 1. The number of thiophene rings is 1. The van der Waals surface area contributed by atoms with E-state index in [4.69, 9.17) is 16.3 Å². The Morgan fingerprint density at radius 1 is 1.69 bits per heavy atom. The monoisotopic (exact) mass is 259 g/mol. The average molecular weight is 260 g/mol. The largest absolute Gasteiger partial charge is 0.377 e. The summed E-state index contributed by atoms with van der Waals surface area (Å²) in [6.07, 6.45) is 0.477. The molecule has 1 aromatic heterocycles. The minimum absolute atomic E-state index is 0.0304. The van der Waals surface area contributed by atoms with Gasteiger partial charge >= 0.3 is 0 Å². The Morgan fingerprint density at radius 3 is 3.25 bits per heavy atom. The lowest BCUT2D eigenvalue weighted by Gasteiger charge is -2.34. The van der Waals surface area contributed by atoms with Crippen LogP contribution in [0.5, 0.6) is 0 Å². The molecule has 0 spiro atoms. The Morgan fingerprint density at radius 2 is 2.56 bits per heavy atom. The van der Waals surface area contributed by atoms with E-state index in [9.17, 15) is 4.79 Å². The van der Waals surface area contributed by atoms with Crippen molar-refractivity contribution in [2.45, 2.75) is 12.5 Å². The molecule has 1 aliphatic heterocycles. The molecule has 1 aliphatic rings. The second-order valence-electron chi connectivity index (χ2n) is 3.73. The first-order valence-corrected chi connectivity index (χ1v) is 6.68.